The van der Waals surface area contributed by atoms with Crippen LogP contribution in [0.25, 0.3) is 21.8 Å². The molecular formula is C23H21N3O3. The molecule has 146 valence electrons. The van der Waals surface area contributed by atoms with Crippen molar-refractivity contribution < 1.29 is 9.59 Å². The van der Waals surface area contributed by atoms with Crippen LogP contribution < -0.4 is 10.9 Å². The minimum absolute atomic E-state index is 0.187. The Bertz CT molecular complexity index is 1330. The quantitative estimate of drug-likeness (QED) is 0.361. The van der Waals surface area contributed by atoms with Gasteiger partial charge in [0, 0.05) is 33.7 Å². The number of hydrogen-bond donors (Lipinski definition) is 3. The Morgan fingerprint density at radius 3 is 2.45 bits per heavy atom. The number of aryl methyl sites for hydroxylation is 1. The molecule has 4 aromatic rings. The zero-order valence-corrected chi connectivity index (χ0v) is 16.4. The van der Waals surface area contributed by atoms with E-state index in [2.05, 4.69) is 15.3 Å². The number of ketones is 1. The fourth-order valence-corrected chi connectivity index (χ4v) is 3.71. The van der Waals surface area contributed by atoms with E-state index in [0.29, 0.717) is 22.5 Å². The summed E-state index contributed by atoms with van der Waals surface area (Å²) in [5.41, 5.74) is 3.64. The first-order valence-corrected chi connectivity index (χ1v) is 9.45. The van der Waals surface area contributed by atoms with Crippen LogP contribution in [0.3, 0.4) is 0 Å². The SMILES string of the molecule is Cc1[nH]c2ccccc2c1C(=O)C(=O)Nc1ccc2c(C(C)C)cc(=O)[nH]c2c1. The van der Waals surface area contributed by atoms with Gasteiger partial charge in [-0.3, -0.25) is 14.4 Å². The fraction of sp³-hybridized carbons (Fsp3) is 0.174. The van der Waals surface area contributed by atoms with Crippen molar-refractivity contribution in [1.82, 2.24) is 9.97 Å². The summed E-state index contributed by atoms with van der Waals surface area (Å²) >= 11 is 0. The van der Waals surface area contributed by atoms with Gasteiger partial charge in [0.05, 0.1) is 11.1 Å². The zero-order chi connectivity index (χ0) is 20.7. The lowest BCUT2D eigenvalue weighted by Crippen LogP contribution is -2.23. The van der Waals surface area contributed by atoms with Crippen molar-refractivity contribution >= 4 is 39.2 Å². The largest absolute Gasteiger partial charge is 0.358 e. The third-order valence-corrected chi connectivity index (χ3v) is 5.08. The maximum atomic E-state index is 12.8. The number of fused-ring (bicyclic) bond motifs is 2. The molecule has 0 unspecified atom stereocenters. The molecule has 1 amide bonds. The lowest BCUT2D eigenvalue weighted by atomic mass is 9.99. The number of anilines is 1. The second kappa shape index (κ2) is 7.05. The molecule has 29 heavy (non-hydrogen) atoms. The summed E-state index contributed by atoms with van der Waals surface area (Å²) in [5, 5.41) is 4.29. The number of nitrogens with one attached hydrogen (secondary N) is 3. The summed E-state index contributed by atoms with van der Waals surface area (Å²) in [4.78, 5) is 43.3. The highest BCUT2D eigenvalue weighted by Crippen LogP contribution is 2.26. The highest BCUT2D eigenvalue weighted by atomic mass is 16.2. The molecule has 0 aliphatic carbocycles. The molecule has 2 heterocycles. The molecule has 2 aromatic heterocycles. The van der Waals surface area contributed by atoms with Crippen LogP contribution in [0.15, 0.2) is 53.3 Å². The number of Topliss-reactive ketones (excluding diaryl/α,β-unsaturated/α-hetero) is 1. The topological polar surface area (TPSA) is 94.8 Å². The number of rotatable bonds is 4. The molecule has 0 radical (unpaired) electrons. The normalized spacial score (nSPS) is 11.3. The van der Waals surface area contributed by atoms with Gasteiger partial charge in [0.1, 0.15) is 0 Å². The number of aromatic nitrogens is 2. The average molecular weight is 387 g/mol. The zero-order valence-electron chi connectivity index (χ0n) is 16.4. The van der Waals surface area contributed by atoms with E-state index in [1.807, 2.05) is 44.2 Å². The molecule has 6 heteroatoms. The maximum absolute atomic E-state index is 12.8. The van der Waals surface area contributed by atoms with Gasteiger partial charge in [-0.05, 0) is 36.6 Å². The molecule has 0 bridgehead atoms. The van der Waals surface area contributed by atoms with Gasteiger partial charge in [-0.25, -0.2) is 0 Å². The number of aromatic amines is 2. The molecule has 0 spiro atoms. The summed E-state index contributed by atoms with van der Waals surface area (Å²) < 4.78 is 0. The first-order valence-electron chi connectivity index (χ1n) is 9.45. The highest BCUT2D eigenvalue weighted by molar-refractivity contribution is 6.48. The minimum atomic E-state index is -0.723. The molecule has 0 saturated heterocycles. The Labute approximate surface area is 167 Å². The summed E-state index contributed by atoms with van der Waals surface area (Å²) in [6.07, 6.45) is 0. The second-order valence-corrected chi connectivity index (χ2v) is 7.46. The van der Waals surface area contributed by atoms with E-state index in [9.17, 15) is 14.4 Å². The predicted octanol–water partition coefficient (Wildman–Crippen LogP) is 4.26. The van der Waals surface area contributed by atoms with Crippen LogP contribution >= 0.6 is 0 Å². The van der Waals surface area contributed by atoms with Crippen LogP contribution in [0.4, 0.5) is 5.69 Å². The number of para-hydroxylation sites is 1. The Kier molecular flexibility index (Phi) is 4.54. The van der Waals surface area contributed by atoms with Crippen LogP contribution in [-0.4, -0.2) is 21.7 Å². The summed E-state index contributed by atoms with van der Waals surface area (Å²) in [7, 11) is 0. The van der Waals surface area contributed by atoms with Gasteiger partial charge in [-0.2, -0.15) is 0 Å². The smallest absolute Gasteiger partial charge is 0.296 e. The van der Waals surface area contributed by atoms with Gasteiger partial charge in [0.25, 0.3) is 11.7 Å². The van der Waals surface area contributed by atoms with Crippen molar-refractivity contribution in [3.8, 4) is 0 Å². The van der Waals surface area contributed by atoms with E-state index >= 15 is 0 Å². The number of amides is 1. The van der Waals surface area contributed by atoms with Crippen molar-refractivity contribution in [1.29, 1.82) is 0 Å². The number of pyridine rings is 1. The number of carbonyl (C=O) groups excluding carboxylic acids is 2. The van der Waals surface area contributed by atoms with Gasteiger partial charge in [-0.1, -0.05) is 38.1 Å². The van der Waals surface area contributed by atoms with Crippen LogP contribution in [0, 0.1) is 6.92 Å². The van der Waals surface area contributed by atoms with Gasteiger partial charge in [0.15, 0.2) is 0 Å². The van der Waals surface area contributed by atoms with Gasteiger partial charge in [-0.15, -0.1) is 0 Å². The number of carbonyl (C=O) groups is 2. The van der Waals surface area contributed by atoms with Gasteiger partial charge in [0.2, 0.25) is 5.56 Å². The number of H-pyrrole nitrogens is 2. The summed E-state index contributed by atoms with van der Waals surface area (Å²) in [5.74, 6) is -1.14. The second-order valence-electron chi connectivity index (χ2n) is 7.46. The van der Waals surface area contributed by atoms with Crippen molar-refractivity contribution in [2.75, 3.05) is 5.32 Å². The van der Waals surface area contributed by atoms with Crippen molar-refractivity contribution in [3.05, 3.63) is 75.7 Å². The minimum Gasteiger partial charge on any atom is -0.358 e. The molecule has 3 N–H and O–H groups in total. The highest BCUT2D eigenvalue weighted by Gasteiger charge is 2.23. The van der Waals surface area contributed by atoms with Crippen molar-refractivity contribution in [3.63, 3.8) is 0 Å². The van der Waals surface area contributed by atoms with E-state index in [-0.39, 0.29) is 11.5 Å². The predicted molar refractivity (Wildman–Crippen MR) is 115 cm³/mol. The molecule has 2 aromatic carbocycles. The Hall–Kier alpha value is -3.67. The first-order chi connectivity index (χ1) is 13.8. The molecule has 4 rings (SSSR count). The van der Waals surface area contributed by atoms with Crippen LogP contribution in [0.2, 0.25) is 0 Å². The molecule has 0 fully saturated rings. The Morgan fingerprint density at radius 1 is 0.931 bits per heavy atom. The third kappa shape index (κ3) is 3.33. The third-order valence-electron chi connectivity index (χ3n) is 5.08. The van der Waals surface area contributed by atoms with Crippen LogP contribution in [0.1, 0.15) is 41.4 Å². The summed E-state index contributed by atoms with van der Waals surface area (Å²) in [6.45, 7) is 5.81. The number of benzene rings is 2. The van der Waals surface area contributed by atoms with E-state index in [1.165, 1.54) is 0 Å². The first kappa shape index (κ1) is 18.7. The Morgan fingerprint density at radius 2 is 1.69 bits per heavy atom. The van der Waals surface area contributed by atoms with E-state index in [0.717, 1.165) is 21.9 Å². The molecule has 0 saturated carbocycles. The van der Waals surface area contributed by atoms with E-state index < -0.39 is 11.7 Å². The van der Waals surface area contributed by atoms with Crippen LogP contribution in [-0.2, 0) is 4.79 Å². The van der Waals surface area contributed by atoms with Gasteiger partial charge < -0.3 is 15.3 Å². The molecular weight excluding hydrogens is 366 g/mol. The molecule has 0 aliphatic heterocycles. The monoisotopic (exact) mass is 387 g/mol. The lowest BCUT2D eigenvalue weighted by Gasteiger charge is -2.11. The van der Waals surface area contributed by atoms with Crippen molar-refractivity contribution in [2.45, 2.75) is 26.7 Å². The fourth-order valence-electron chi connectivity index (χ4n) is 3.71. The number of hydrogen-bond acceptors (Lipinski definition) is 3. The summed E-state index contributed by atoms with van der Waals surface area (Å²) in [6, 6.07) is 14.2. The average Bonchev–Trinajstić information content (AvgIpc) is 3.01. The lowest BCUT2D eigenvalue weighted by molar-refractivity contribution is -0.112. The Balaban J connectivity index is 1.67. The van der Waals surface area contributed by atoms with E-state index in [4.69, 9.17) is 0 Å². The molecule has 0 atom stereocenters. The van der Waals surface area contributed by atoms with Gasteiger partial charge >= 0.3 is 0 Å². The van der Waals surface area contributed by atoms with Crippen LogP contribution in [0.5, 0.6) is 0 Å². The van der Waals surface area contributed by atoms with Crippen molar-refractivity contribution in [2.24, 2.45) is 0 Å². The maximum Gasteiger partial charge on any atom is 0.296 e. The van der Waals surface area contributed by atoms with E-state index in [1.54, 1.807) is 25.1 Å². The molecule has 0 aliphatic rings. The standard InChI is InChI=1S/C23H21N3O3/c1-12(2)17-11-20(27)26-19-10-14(8-9-15(17)19)25-23(29)22(28)21-13(3)24-18-7-5-4-6-16(18)21/h4-12,24H,1-3H3,(H,25,29)(H,26,27). The molecule has 6 nitrogen and oxygen atoms in total.